The number of carboxylic acid groups (broad SMARTS) is 2. The monoisotopic (exact) mass is 660 g/mol. The van der Waals surface area contributed by atoms with Gasteiger partial charge in [0.15, 0.2) is 0 Å². The van der Waals surface area contributed by atoms with Crippen molar-refractivity contribution in [2.45, 2.75) is 150 Å². The lowest BCUT2D eigenvalue weighted by Crippen LogP contribution is -2.60. The fourth-order valence-electron chi connectivity index (χ4n) is 4.66. The molecule has 2 saturated heterocycles. The third-order valence-corrected chi connectivity index (χ3v) is 7.65. The molecule has 2 heterocycles. The fraction of sp³-hybridized carbons (Fsp3) is 0.935. The Morgan fingerprint density at radius 1 is 0.778 bits per heavy atom. The van der Waals surface area contributed by atoms with Gasteiger partial charge in [-0.2, -0.15) is 0 Å². The van der Waals surface area contributed by atoms with Gasteiger partial charge in [-0.3, -0.25) is 0 Å². The van der Waals surface area contributed by atoms with Crippen molar-refractivity contribution in [3.63, 3.8) is 0 Å². The zero-order valence-electron chi connectivity index (χ0n) is 27.9. The van der Waals surface area contributed by atoms with Crippen LogP contribution >= 0.6 is 0 Å². The van der Waals surface area contributed by atoms with Crippen LogP contribution in [0, 0.1) is 23.7 Å². The molecule has 0 aromatic heterocycles. The van der Waals surface area contributed by atoms with E-state index < -0.39 is 98.0 Å². The van der Waals surface area contributed by atoms with Crippen molar-refractivity contribution in [3.8, 4) is 0 Å². The van der Waals surface area contributed by atoms with Crippen LogP contribution in [0.3, 0.4) is 0 Å². The van der Waals surface area contributed by atoms with E-state index in [-0.39, 0.29) is 46.8 Å². The number of rotatable bonds is 13. The standard InChI is InChI=1S/C15H28O7.C14H26O7.2CH4/c1-8(2)5-6-21-15(14(19)20)7-11(17)9(3)13(22-15)12(18)10(4)16;1-7(2)6-20-14(13(18)19)5-10(16)8(3)12(21-14)11(17)9(4)15;;/h8-13,16-18H,5-7H2,1-4H3,(H,19,20);7-12,15-17H,5-6H2,1-4H3,(H,18,19);2*1H4/i2*4D;;. The van der Waals surface area contributed by atoms with Crippen molar-refractivity contribution in [2.75, 3.05) is 13.2 Å². The molecule has 270 valence electrons. The molecule has 14 nitrogen and oxygen atoms in total. The highest BCUT2D eigenvalue weighted by Gasteiger charge is 2.55. The van der Waals surface area contributed by atoms with E-state index in [1.165, 1.54) is 0 Å². The number of aliphatic hydroxyl groups excluding tert-OH is 6. The summed E-state index contributed by atoms with van der Waals surface area (Å²) in [4.78, 5) is 23.3. The summed E-state index contributed by atoms with van der Waals surface area (Å²) in [6.45, 7) is 10.1. The lowest BCUT2D eigenvalue weighted by atomic mass is 9.85. The average Bonchev–Trinajstić information content (AvgIpc) is 2.97. The van der Waals surface area contributed by atoms with E-state index in [1.807, 2.05) is 27.7 Å². The molecule has 0 amide bonds. The van der Waals surface area contributed by atoms with Gasteiger partial charge in [0.1, 0.15) is 12.2 Å². The Morgan fingerprint density at radius 2 is 1.16 bits per heavy atom. The van der Waals surface area contributed by atoms with Crippen LogP contribution in [0.4, 0.5) is 0 Å². The Bertz CT molecular complexity index is 913. The van der Waals surface area contributed by atoms with Crippen LogP contribution in [0.2, 0.25) is 0 Å². The number of hydrogen-bond donors (Lipinski definition) is 8. The SMILES string of the molecule is C.C.[2H]CC(O)C(O)C1OC(OCC(C)C)(C(=O)O)CC(O)C1C.[2H]CC(O)C(O)C1OC(OCCC(C)C)(C(=O)O)CC(O)C1C. The van der Waals surface area contributed by atoms with Crippen LogP contribution in [0.15, 0.2) is 0 Å². The number of carboxylic acids is 2. The lowest BCUT2D eigenvalue weighted by molar-refractivity contribution is -0.318. The Morgan fingerprint density at radius 3 is 1.47 bits per heavy atom. The van der Waals surface area contributed by atoms with E-state index in [4.69, 9.17) is 21.7 Å². The van der Waals surface area contributed by atoms with E-state index in [0.29, 0.717) is 12.3 Å². The molecule has 8 N–H and O–H groups in total. The lowest BCUT2D eigenvalue weighted by Gasteiger charge is -2.45. The molecule has 12 atom stereocenters. The largest absolute Gasteiger partial charge is 0.477 e. The van der Waals surface area contributed by atoms with Gasteiger partial charge in [-0.05, 0) is 32.1 Å². The van der Waals surface area contributed by atoms with Crippen LogP contribution < -0.4 is 0 Å². The first-order valence-corrected chi connectivity index (χ1v) is 14.6. The van der Waals surface area contributed by atoms with E-state index in [1.54, 1.807) is 13.8 Å². The van der Waals surface area contributed by atoms with Gasteiger partial charge in [0.25, 0.3) is 11.6 Å². The van der Waals surface area contributed by atoms with E-state index in [0.717, 1.165) is 0 Å². The van der Waals surface area contributed by atoms with E-state index in [2.05, 4.69) is 0 Å². The first-order valence-electron chi connectivity index (χ1n) is 16.0. The van der Waals surface area contributed by atoms with Gasteiger partial charge in [0.2, 0.25) is 0 Å². The quantitative estimate of drug-likeness (QED) is 0.140. The third-order valence-electron chi connectivity index (χ3n) is 7.65. The number of aliphatic hydroxyl groups is 6. The molecule has 14 heteroatoms. The summed E-state index contributed by atoms with van der Waals surface area (Å²) in [6.07, 6.45) is -10.1. The normalized spacial score (nSPS) is 34.9. The first kappa shape index (κ1) is 41.6. The predicted molar refractivity (Wildman–Crippen MR) is 165 cm³/mol. The fourth-order valence-corrected chi connectivity index (χ4v) is 4.66. The maximum Gasteiger partial charge on any atom is 0.364 e. The van der Waals surface area contributed by atoms with Crippen molar-refractivity contribution >= 4 is 11.9 Å². The topological polar surface area (TPSA) is 233 Å². The highest BCUT2D eigenvalue weighted by atomic mass is 16.7. The van der Waals surface area contributed by atoms with Crippen LogP contribution in [-0.4, -0.2) is 126 Å². The maximum absolute atomic E-state index is 11.7. The van der Waals surface area contributed by atoms with Crippen LogP contribution in [0.1, 0.15) is 92.2 Å². The Hall–Kier alpha value is -1.46. The molecular formula is C31H62O14. The van der Waals surface area contributed by atoms with Gasteiger partial charge in [-0.25, -0.2) is 9.59 Å². The summed E-state index contributed by atoms with van der Waals surface area (Å²) in [5.41, 5.74) is 0. The molecular weight excluding hydrogens is 596 g/mol. The molecule has 45 heavy (non-hydrogen) atoms. The molecule has 0 bridgehead atoms. The zero-order chi connectivity index (χ0) is 34.9. The Labute approximate surface area is 271 Å². The van der Waals surface area contributed by atoms with E-state index >= 15 is 0 Å². The second-order valence-corrected chi connectivity index (χ2v) is 12.4. The molecule has 2 aliphatic rings. The van der Waals surface area contributed by atoms with Gasteiger partial charge >= 0.3 is 11.9 Å². The van der Waals surface area contributed by atoms with Crippen LogP contribution in [0.5, 0.6) is 0 Å². The Balaban J connectivity index is 0. The van der Waals surface area contributed by atoms with Gasteiger partial charge < -0.3 is 59.8 Å². The third kappa shape index (κ3) is 12.3. The summed E-state index contributed by atoms with van der Waals surface area (Å²) in [6, 6.07) is 0. The molecule has 0 aromatic carbocycles. The second kappa shape index (κ2) is 19.4. The van der Waals surface area contributed by atoms with Crippen molar-refractivity contribution in [1.29, 1.82) is 0 Å². The van der Waals surface area contributed by atoms with Crippen LogP contribution in [0.25, 0.3) is 0 Å². The molecule has 12 unspecified atom stereocenters. The summed E-state index contributed by atoms with van der Waals surface area (Å²) in [5.74, 6) is -7.75. The smallest absolute Gasteiger partial charge is 0.364 e. The highest BCUT2D eigenvalue weighted by Crippen LogP contribution is 2.38. The second-order valence-electron chi connectivity index (χ2n) is 12.4. The molecule has 0 radical (unpaired) electrons. The van der Waals surface area contributed by atoms with Crippen molar-refractivity contribution in [2.24, 2.45) is 23.7 Å². The highest BCUT2D eigenvalue weighted by molar-refractivity contribution is 5.76. The summed E-state index contributed by atoms with van der Waals surface area (Å²) in [7, 11) is 0. The number of ether oxygens (including phenoxy) is 4. The van der Waals surface area contributed by atoms with Gasteiger partial charge in [-0.1, -0.05) is 56.4 Å². The molecule has 0 aliphatic carbocycles. The van der Waals surface area contributed by atoms with Crippen molar-refractivity contribution in [1.82, 2.24) is 0 Å². The Kier molecular flexibility index (Phi) is 17.9. The number of hydrogen-bond acceptors (Lipinski definition) is 12. The zero-order valence-corrected chi connectivity index (χ0v) is 25.9. The van der Waals surface area contributed by atoms with Crippen molar-refractivity contribution < 1.29 is 72.1 Å². The molecule has 0 aromatic rings. The maximum atomic E-state index is 11.7. The molecule has 2 aliphatic heterocycles. The van der Waals surface area contributed by atoms with E-state index in [9.17, 15) is 50.4 Å². The predicted octanol–water partition coefficient (Wildman–Crippen LogP) is 1.60. The van der Waals surface area contributed by atoms with Gasteiger partial charge in [0, 0.05) is 27.4 Å². The average molecular weight is 661 g/mol. The summed E-state index contributed by atoms with van der Waals surface area (Å²) in [5, 5.41) is 78.7. The summed E-state index contributed by atoms with van der Waals surface area (Å²) < 4.78 is 36.1. The van der Waals surface area contributed by atoms with Gasteiger partial charge in [0.05, 0.1) is 49.8 Å². The van der Waals surface area contributed by atoms with Crippen molar-refractivity contribution in [3.05, 3.63) is 0 Å². The molecule has 2 rings (SSSR count). The minimum atomic E-state index is -2.07. The van der Waals surface area contributed by atoms with Gasteiger partial charge in [-0.15, -0.1) is 0 Å². The number of carbonyl (C=O) groups is 2. The van der Waals surface area contributed by atoms with Crippen LogP contribution in [-0.2, 0) is 28.5 Å². The molecule has 0 spiro atoms. The number of aliphatic carboxylic acids is 2. The minimum absolute atomic E-state index is 0. The first-order chi connectivity index (χ1) is 20.8. The summed E-state index contributed by atoms with van der Waals surface area (Å²) >= 11 is 0. The minimum Gasteiger partial charge on any atom is -0.477 e. The molecule has 0 saturated carbocycles. The molecule has 2 fully saturated rings.